The van der Waals surface area contributed by atoms with E-state index in [0.29, 0.717) is 49.1 Å². The Labute approximate surface area is 218 Å². The molecule has 1 unspecified atom stereocenters. The molecule has 0 saturated carbocycles. The minimum atomic E-state index is -1.30. The summed E-state index contributed by atoms with van der Waals surface area (Å²) in [5, 5.41) is 9.64. The number of aromatic nitrogens is 2. The number of benzene rings is 2. The Morgan fingerprint density at radius 2 is 1.89 bits per heavy atom. The maximum Gasteiger partial charge on any atom is 0.269 e. The lowest BCUT2D eigenvalue weighted by Crippen LogP contribution is -2.46. The van der Waals surface area contributed by atoms with Crippen molar-refractivity contribution < 1.29 is 23.5 Å². The Morgan fingerprint density at radius 3 is 2.71 bits per heavy atom. The molecule has 0 spiro atoms. The minimum absolute atomic E-state index is 0.0220. The summed E-state index contributed by atoms with van der Waals surface area (Å²) in [5.74, 6) is -1.44. The number of morpholine rings is 1. The van der Waals surface area contributed by atoms with Crippen molar-refractivity contribution in [2.75, 3.05) is 38.2 Å². The van der Waals surface area contributed by atoms with Gasteiger partial charge in [0.1, 0.15) is 18.0 Å². The molecule has 3 aliphatic rings. The maximum absolute atomic E-state index is 14.7. The Balaban J connectivity index is 1.26. The number of carbonyl (C=O) groups is 2. The van der Waals surface area contributed by atoms with E-state index < -0.39 is 23.8 Å². The summed E-state index contributed by atoms with van der Waals surface area (Å²) in [6, 6.07) is 13.8. The summed E-state index contributed by atoms with van der Waals surface area (Å²) < 4.78 is 27.9. The Bertz CT molecular complexity index is 1390. The number of carbonyl (C=O) groups excluding carboxylic acids is 2. The van der Waals surface area contributed by atoms with Gasteiger partial charge in [-0.25, -0.2) is 14.1 Å². The van der Waals surface area contributed by atoms with E-state index in [2.05, 4.69) is 25.6 Å². The molecule has 0 radical (unpaired) electrons. The standard InChI is InChI=1S/C27H27FN6O4/c28-21-8-4-7-19-22(17-5-2-1-3-6-17)30-24(26(36)31-23(19)21)32-25(35)20-15-29-34-10-9-18(16-38-27(20)34)33-11-13-37-14-12-33/h1-8,15,18,24H,9-14,16H2,(H,31,36)(H,32,35)/t18?,24-/m0/s1. The third kappa shape index (κ3) is 4.66. The second-order valence-corrected chi connectivity index (χ2v) is 9.36. The van der Waals surface area contributed by atoms with Crippen LogP contribution in [-0.2, 0) is 16.1 Å². The summed E-state index contributed by atoms with van der Waals surface area (Å²) in [5.41, 5.74) is 1.74. The van der Waals surface area contributed by atoms with Crippen molar-refractivity contribution in [1.82, 2.24) is 20.0 Å². The number of fused-ring (bicyclic) bond motifs is 2. The molecule has 3 aliphatic heterocycles. The number of nitrogens with one attached hydrogen (secondary N) is 2. The zero-order valence-corrected chi connectivity index (χ0v) is 20.6. The maximum atomic E-state index is 14.7. The molecule has 1 fully saturated rings. The van der Waals surface area contributed by atoms with Crippen molar-refractivity contribution in [3.63, 3.8) is 0 Å². The molecule has 0 aliphatic carbocycles. The molecular weight excluding hydrogens is 491 g/mol. The highest BCUT2D eigenvalue weighted by Crippen LogP contribution is 2.28. The Kier molecular flexibility index (Phi) is 6.61. The van der Waals surface area contributed by atoms with E-state index in [1.54, 1.807) is 16.8 Å². The summed E-state index contributed by atoms with van der Waals surface area (Å²) in [6.07, 6.45) is 0.965. The van der Waals surface area contributed by atoms with Crippen LogP contribution in [0.15, 0.2) is 59.7 Å². The smallest absolute Gasteiger partial charge is 0.269 e. The first-order valence-corrected chi connectivity index (χ1v) is 12.6. The summed E-state index contributed by atoms with van der Waals surface area (Å²) in [4.78, 5) is 33.4. The first-order valence-electron chi connectivity index (χ1n) is 12.6. The third-order valence-corrected chi connectivity index (χ3v) is 7.02. The topological polar surface area (TPSA) is 110 Å². The largest absolute Gasteiger partial charge is 0.476 e. The third-order valence-electron chi connectivity index (χ3n) is 7.02. The van der Waals surface area contributed by atoms with Gasteiger partial charge in [0.05, 0.1) is 30.8 Å². The molecule has 1 saturated heterocycles. The summed E-state index contributed by atoms with van der Waals surface area (Å²) in [7, 11) is 0. The van der Waals surface area contributed by atoms with E-state index in [0.717, 1.165) is 19.5 Å². The lowest BCUT2D eigenvalue weighted by molar-refractivity contribution is -0.117. The molecule has 11 heteroatoms. The van der Waals surface area contributed by atoms with Crippen LogP contribution in [0.1, 0.15) is 27.9 Å². The highest BCUT2D eigenvalue weighted by Gasteiger charge is 2.32. The number of amides is 2. The highest BCUT2D eigenvalue weighted by atomic mass is 19.1. The predicted molar refractivity (Wildman–Crippen MR) is 137 cm³/mol. The molecule has 38 heavy (non-hydrogen) atoms. The first kappa shape index (κ1) is 24.3. The zero-order chi connectivity index (χ0) is 26.1. The van der Waals surface area contributed by atoms with Crippen molar-refractivity contribution in [1.29, 1.82) is 0 Å². The average molecular weight is 519 g/mol. The number of para-hydroxylation sites is 1. The number of rotatable bonds is 4. The first-order chi connectivity index (χ1) is 18.6. The molecule has 0 bridgehead atoms. The van der Waals surface area contributed by atoms with Gasteiger partial charge in [-0.15, -0.1) is 0 Å². The van der Waals surface area contributed by atoms with Gasteiger partial charge in [-0.2, -0.15) is 5.10 Å². The molecule has 196 valence electrons. The fourth-order valence-electron chi connectivity index (χ4n) is 5.02. The summed E-state index contributed by atoms with van der Waals surface area (Å²) in [6.45, 7) is 4.07. The van der Waals surface area contributed by atoms with Gasteiger partial charge in [-0.05, 0) is 12.5 Å². The lowest BCUT2D eigenvalue weighted by atomic mass is 10.0. The molecule has 2 amide bonds. The van der Waals surface area contributed by atoms with Crippen LogP contribution in [0.3, 0.4) is 0 Å². The van der Waals surface area contributed by atoms with Crippen LogP contribution >= 0.6 is 0 Å². The Morgan fingerprint density at radius 1 is 1.08 bits per heavy atom. The van der Waals surface area contributed by atoms with E-state index in [4.69, 9.17) is 9.47 Å². The van der Waals surface area contributed by atoms with Crippen LogP contribution in [0.5, 0.6) is 5.88 Å². The van der Waals surface area contributed by atoms with Crippen LogP contribution < -0.4 is 15.4 Å². The van der Waals surface area contributed by atoms with Gasteiger partial charge in [-0.1, -0.05) is 42.5 Å². The quantitative estimate of drug-likeness (QED) is 0.547. The molecule has 1 aromatic heterocycles. The van der Waals surface area contributed by atoms with Crippen LogP contribution in [0, 0.1) is 5.82 Å². The van der Waals surface area contributed by atoms with Gasteiger partial charge >= 0.3 is 0 Å². The molecule has 3 aromatic rings. The van der Waals surface area contributed by atoms with Crippen molar-refractivity contribution >= 4 is 23.2 Å². The van der Waals surface area contributed by atoms with Gasteiger partial charge in [-0.3, -0.25) is 14.5 Å². The second kappa shape index (κ2) is 10.3. The number of halogens is 1. The van der Waals surface area contributed by atoms with Gasteiger partial charge in [0.25, 0.3) is 11.8 Å². The number of hydrogen-bond acceptors (Lipinski definition) is 7. The summed E-state index contributed by atoms with van der Waals surface area (Å²) >= 11 is 0. The number of benzodiazepines with no additional fused rings is 1. The normalized spacial score (nSPS) is 21.6. The molecule has 6 rings (SSSR count). The molecule has 2 N–H and O–H groups in total. The van der Waals surface area contributed by atoms with Gasteiger partial charge in [0, 0.05) is 36.8 Å². The van der Waals surface area contributed by atoms with Crippen molar-refractivity contribution in [3.05, 3.63) is 77.2 Å². The second-order valence-electron chi connectivity index (χ2n) is 9.36. The molecular formula is C27H27FN6O4. The van der Waals surface area contributed by atoms with E-state index in [1.807, 2.05) is 30.3 Å². The van der Waals surface area contributed by atoms with Crippen LogP contribution in [0.25, 0.3) is 0 Å². The van der Waals surface area contributed by atoms with Crippen molar-refractivity contribution in [2.45, 2.75) is 25.2 Å². The van der Waals surface area contributed by atoms with Crippen molar-refractivity contribution in [2.24, 2.45) is 4.99 Å². The van der Waals surface area contributed by atoms with Gasteiger partial charge < -0.3 is 20.1 Å². The molecule has 10 nitrogen and oxygen atoms in total. The highest BCUT2D eigenvalue weighted by molar-refractivity contribution is 6.20. The van der Waals surface area contributed by atoms with Crippen LogP contribution in [-0.4, -0.2) is 77.3 Å². The molecule has 4 heterocycles. The number of aliphatic imine (C=N–C) groups is 1. The number of ether oxygens (including phenoxy) is 2. The average Bonchev–Trinajstić information content (AvgIpc) is 3.15. The fourth-order valence-corrected chi connectivity index (χ4v) is 5.02. The number of nitrogens with zero attached hydrogens (tertiary/aromatic N) is 4. The van der Waals surface area contributed by atoms with Gasteiger partial charge in [0.2, 0.25) is 12.0 Å². The number of anilines is 1. The van der Waals surface area contributed by atoms with E-state index in [1.165, 1.54) is 12.3 Å². The zero-order valence-electron chi connectivity index (χ0n) is 20.6. The number of aryl methyl sites for hydroxylation is 1. The molecule has 2 atom stereocenters. The predicted octanol–water partition coefficient (Wildman–Crippen LogP) is 2.05. The lowest BCUT2D eigenvalue weighted by Gasteiger charge is -2.33. The number of hydrogen-bond donors (Lipinski definition) is 2. The monoisotopic (exact) mass is 518 g/mol. The minimum Gasteiger partial charge on any atom is -0.476 e. The Hall–Kier alpha value is -4.09. The van der Waals surface area contributed by atoms with E-state index in [-0.39, 0.29) is 17.3 Å². The molecule has 2 aromatic carbocycles. The van der Waals surface area contributed by atoms with Gasteiger partial charge in [0.15, 0.2) is 0 Å². The fraction of sp³-hybridized carbons (Fsp3) is 0.333. The van der Waals surface area contributed by atoms with E-state index >= 15 is 0 Å². The van der Waals surface area contributed by atoms with Crippen LogP contribution in [0.4, 0.5) is 10.1 Å². The van der Waals surface area contributed by atoms with Crippen molar-refractivity contribution in [3.8, 4) is 5.88 Å². The van der Waals surface area contributed by atoms with E-state index in [9.17, 15) is 14.0 Å². The SMILES string of the molecule is O=C(N[C@@H]1N=C(c2ccccc2)c2cccc(F)c2NC1=O)c1cnn2c1OCC(N1CCOCC1)CC2. The van der Waals surface area contributed by atoms with Crippen LogP contribution in [0.2, 0.25) is 0 Å².